The molecule has 1 aliphatic carbocycles. The molecule has 0 saturated heterocycles. The van der Waals surface area contributed by atoms with Crippen LogP contribution >= 0.6 is 15.2 Å². The first-order chi connectivity index (χ1) is 10.6. The van der Waals surface area contributed by atoms with E-state index >= 15 is 0 Å². The van der Waals surface area contributed by atoms with Gasteiger partial charge in [0.25, 0.3) is 0 Å². The SMILES string of the molecule is CCC(N(O)CCCCC1CCCCC1)(P(=O)(O)O)P(=O)(O)O. The molecule has 0 aliphatic heterocycles. The van der Waals surface area contributed by atoms with Crippen molar-refractivity contribution < 1.29 is 33.9 Å². The van der Waals surface area contributed by atoms with Crippen molar-refractivity contribution in [3.63, 3.8) is 0 Å². The monoisotopic (exact) mass is 373 g/mol. The van der Waals surface area contributed by atoms with E-state index in [1.807, 2.05) is 0 Å². The summed E-state index contributed by atoms with van der Waals surface area (Å²) in [6.45, 7) is 1.06. The van der Waals surface area contributed by atoms with Crippen LogP contribution in [0.15, 0.2) is 0 Å². The highest BCUT2D eigenvalue weighted by Crippen LogP contribution is 2.71. The lowest BCUT2D eigenvalue weighted by Gasteiger charge is -2.39. The van der Waals surface area contributed by atoms with Gasteiger partial charge < -0.3 is 24.8 Å². The Morgan fingerprint density at radius 2 is 1.52 bits per heavy atom. The van der Waals surface area contributed by atoms with Gasteiger partial charge in [-0.1, -0.05) is 51.9 Å². The first-order valence-corrected chi connectivity index (χ1v) is 11.4. The van der Waals surface area contributed by atoms with Crippen molar-refractivity contribution in [3.05, 3.63) is 0 Å². The summed E-state index contributed by atoms with van der Waals surface area (Å²) in [5.41, 5.74) is 0. The fraction of sp³-hybridized carbons (Fsp3) is 1.00. The molecule has 1 fully saturated rings. The summed E-state index contributed by atoms with van der Waals surface area (Å²) in [4.78, 5) is 37.6. The third-order valence-corrected chi connectivity index (χ3v) is 9.30. The Labute approximate surface area is 137 Å². The molecule has 0 aromatic rings. The quantitative estimate of drug-likeness (QED) is 0.236. The summed E-state index contributed by atoms with van der Waals surface area (Å²) in [5.74, 6) is 0.649. The van der Waals surface area contributed by atoms with Crippen molar-refractivity contribution in [2.45, 2.75) is 69.7 Å². The minimum atomic E-state index is -5.25. The standard InChI is InChI=1S/C13H29NO7P2/c1-2-13(22(16,17)18,23(19,20)21)14(15)11-7-6-10-12-8-4-3-5-9-12/h12,15H,2-11H2,1H3,(H2,16,17,18)(H2,19,20,21). The van der Waals surface area contributed by atoms with E-state index in [1.165, 1.54) is 39.0 Å². The third-order valence-electron chi connectivity index (χ3n) is 4.78. The Morgan fingerprint density at radius 1 is 1.00 bits per heavy atom. The van der Waals surface area contributed by atoms with Crippen LogP contribution in [0.2, 0.25) is 0 Å². The summed E-state index contributed by atoms with van der Waals surface area (Å²) < 4.78 is 23.3. The molecule has 0 atom stereocenters. The predicted molar refractivity (Wildman–Crippen MR) is 86.0 cm³/mol. The van der Waals surface area contributed by atoms with Crippen LogP contribution in [0, 0.1) is 5.92 Å². The molecule has 0 spiro atoms. The van der Waals surface area contributed by atoms with Gasteiger partial charge in [-0.05, 0) is 18.8 Å². The van der Waals surface area contributed by atoms with Gasteiger partial charge >= 0.3 is 15.2 Å². The number of hydroxylamine groups is 2. The highest BCUT2D eigenvalue weighted by atomic mass is 31.2. The van der Waals surface area contributed by atoms with Crippen LogP contribution in [0.4, 0.5) is 0 Å². The normalized spacial score (nSPS) is 18.6. The zero-order valence-corrected chi connectivity index (χ0v) is 15.3. The van der Waals surface area contributed by atoms with E-state index in [9.17, 15) is 33.9 Å². The van der Waals surface area contributed by atoms with E-state index < -0.39 is 26.6 Å². The topological polar surface area (TPSA) is 139 Å². The van der Waals surface area contributed by atoms with Crippen LogP contribution in [0.25, 0.3) is 0 Å². The van der Waals surface area contributed by atoms with Crippen molar-refractivity contribution in [3.8, 4) is 0 Å². The molecule has 0 unspecified atom stereocenters. The molecule has 8 nitrogen and oxygen atoms in total. The maximum absolute atomic E-state index is 11.7. The van der Waals surface area contributed by atoms with E-state index in [1.54, 1.807) is 0 Å². The lowest BCUT2D eigenvalue weighted by molar-refractivity contribution is -0.130. The van der Waals surface area contributed by atoms with Crippen LogP contribution < -0.4 is 0 Å². The van der Waals surface area contributed by atoms with Gasteiger partial charge in [0, 0.05) is 6.54 Å². The fourth-order valence-electron chi connectivity index (χ4n) is 3.41. The van der Waals surface area contributed by atoms with Gasteiger partial charge in [-0.3, -0.25) is 9.13 Å². The summed E-state index contributed by atoms with van der Waals surface area (Å²) in [6, 6.07) is 0. The highest BCUT2D eigenvalue weighted by molar-refractivity contribution is 7.72. The second-order valence-electron chi connectivity index (χ2n) is 6.34. The average Bonchev–Trinajstić information content (AvgIpc) is 2.43. The molecule has 0 amide bonds. The molecule has 5 N–H and O–H groups in total. The smallest absolute Gasteiger partial charge is 0.323 e. The molecule has 0 radical (unpaired) electrons. The number of rotatable bonds is 9. The third kappa shape index (κ3) is 5.10. The number of unbranched alkanes of at least 4 members (excludes halogenated alkanes) is 1. The molecule has 0 aromatic heterocycles. The van der Waals surface area contributed by atoms with Crippen molar-refractivity contribution >= 4 is 15.2 Å². The molecule has 0 aromatic carbocycles. The van der Waals surface area contributed by atoms with Crippen molar-refractivity contribution in [2.75, 3.05) is 6.54 Å². The zero-order valence-electron chi connectivity index (χ0n) is 13.5. The van der Waals surface area contributed by atoms with Crippen molar-refractivity contribution in [1.82, 2.24) is 5.06 Å². The maximum Gasteiger partial charge on any atom is 0.360 e. The zero-order chi connectivity index (χ0) is 17.7. The Morgan fingerprint density at radius 3 is 1.96 bits per heavy atom. The molecule has 23 heavy (non-hydrogen) atoms. The molecule has 1 aliphatic rings. The van der Waals surface area contributed by atoms with Gasteiger partial charge in [0.15, 0.2) is 0 Å². The summed E-state index contributed by atoms with van der Waals surface area (Å²) in [5, 5.41) is 7.34. The summed E-state index contributed by atoms with van der Waals surface area (Å²) in [7, 11) is -10.5. The van der Waals surface area contributed by atoms with Gasteiger partial charge in [-0.15, -0.1) is 0 Å². The van der Waals surface area contributed by atoms with E-state index in [0.29, 0.717) is 12.3 Å². The summed E-state index contributed by atoms with van der Waals surface area (Å²) >= 11 is 0. The van der Waals surface area contributed by atoms with Crippen LogP contribution in [0.1, 0.15) is 64.7 Å². The molecule has 10 heteroatoms. The minimum Gasteiger partial charge on any atom is -0.323 e. The molecule has 0 bridgehead atoms. The Hall–Kier alpha value is 0.220. The maximum atomic E-state index is 11.7. The number of nitrogens with zero attached hydrogens (tertiary/aromatic N) is 1. The number of hydrogen-bond donors (Lipinski definition) is 5. The van der Waals surface area contributed by atoms with Crippen LogP contribution in [-0.2, 0) is 9.13 Å². The van der Waals surface area contributed by atoms with Crippen LogP contribution in [0.5, 0.6) is 0 Å². The molecular weight excluding hydrogens is 344 g/mol. The van der Waals surface area contributed by atoms with E-state index in [0.717, 1.165) is 12.8 Å². The molecule has 0 heterocycles. The van der Waals surface area contributed by atoms with Gasteiger partial charge in [0.05, 0.1) is 0 Å². The van der Waals surface area contributed by atoms with Crippen molar-refractivity contribution in [2.24, 2.45) is 5.92 Å². The Balaban J connectivity index is 2.62. The fourth-order valence-corrected chi connectivity index (χ4v) is 6.40. The lowest BCUT2D eigenvalue weighted by atomic mass is 9.86. The van der Waals surface area contributed by atoms with E-state index in [4.69, 9.17) is 0 Å². The Bertz CT molecular complexity index is 433. The second-order valence-corrected chi connectivity index (χ2v) is 10.3. The molecule has 1 saturated carbocycles. The lowest BCUT2D eigenvalue weighted by Crippen LogP contribution is -2.46. The average molecular weight is 373 g/mol. The van der Waals surface area contributed by atoms with E-state index in [2.05, 4.69) is 0 Å². The molecule has 138 valence electrons. The largest absolute Gasteiger partial charge is 0.360 e. The Kier molecular flexibility index (Phi) is 7.90. The first-order valence-electron chi connectivity index (χ1n) is 8.14. The van der Waals surface area contributed by atoms with Gasteiger partial charge in [0.1, 0.15) is 0 Å². The van der Waals surface area contributed by atoms with Gasteiger partial charge in [-0.2, -0.15) is 5.06 Å². The van der Waals surface area contributed by atoms with Crippen LogP contribution in [0.3, 0.4) is 0 Å². The molecular formula is C13H29NO7P2. The summed E-state index contributed by atoms with van der Waals surface area (Å²) in [6.07, 6.45) is 7.69. The number of hydrogen-bond acceptors (Lipinski definition) is 4. The molecule has 1 rings (SSSR count). The minimum absolute atomic E-state index is 0.176. The van der Waals surface area contributed by atoms with Gasteiger partial charge in [-0.25, -0.2) is 0 Å². The highest BCUT2D eigenvalue weighted by Gasteiger charge is 2.63. The van der Waals surface area contributed by atoms with E-state index in [-0.39, 0.29) is 11.6 Å². The first kappa shape index (κ1) is 21.3. The van der Waals surface area contributed by atoms with Crippen LogP contribution in [-0.4, -0.2) is 41.4 Å². The van der Waals surface area contributed by atoms with Crippen molar-refractivity contribution in [1.29, 1.82) is 0 Å². The predicted octanol–water partition coefficient (Wildman–Crippen LogP) is 2.85. The van der Waals surface area contributed by atoms with Gasteiger partial charge in [0.2, 0.25) is 5.02 Å². The second kappa shape index (κ2) is 8.54.